The number of anilines is 1. The molecule has 0 bridgehead atoms. The van der Waals surface area contributed by atoms with Crippen molar-refractivity contribution in [1.82, 2.24) is 24.8 Å². The number of aromatic amines is 1. The molecule has 0 spiro atoms. The molecule has 0 amide bonds. The zero-order valence-corrected chi connectivity index (χ0v) is 14.2. The predicted octanol–water partition coefficient (Wildman–Crippen LogP) is 0.508. The number of hydrogen-bond acceptors (Lipinski definition) is 7. The highest BCUT2D eigenvalue weighted by molar-refractivity contribution is 5.26. The monoisotopic (exact) mass is 330 g/mol. The fraction of sp³-hybridized carbons (Fsp3) is 0.500. The van der Waals surface area contributed by atoms with Crippen molar-refractivity contribution in [2.45, 2.75) is 19.6 Å². The average Bonchev–Trinajstić information content (AvgIpc) is 2.55. The molecule has 0 aliphatic carbocycles. The second kappa shape index (κ2) is 7.06. The Balaban J connectivity index is 1.68. The molecule has 3 rings (SSSR count). The first-order chi connectivity index (χ1) is 11.5. The summed E-state index contributed by atoms with van der Waals surface area (Å²) in [5.74, 6) is 1.30. The summed E-state index contributed by atoms with van der Waals surface area (Å²) in [6.07, 6.45) is 3.51. The number of aromatic nitrogens is 4. The lowest BCUT2D eigenvalue weighted by Gasteiger charge is -2.32. The van der Waals surface area contributed by atoms with Gasteiger partial charge in [-0.15, -0.1) is 0 Å². The van der Waals surface area contributed by atoms with E-state index in [2.05, 4.69) is 24.8 Å². The van der Waals surface area contributed by atoms with Gasteiger partial charge in [0.2, 0.25) is 5.95 Å². The second-order valence-corrected chi connectivity index (χ2v) is 6.14. The fourth-order valence-corrected chi connectivity index (χ4v) is 2.71. The van der Waals surface area contributed by atoms with Crippen molar-refractivity contribution < 1.29 is 4.74 Å². The summed E-state index contributed by atoms with van der Waals surface area (Å²) in [5, 5.41) is 0. The molecule has 8 nitrogen and oxygen atoms in total. The Labute approximate surface area is 140 Å². The molecule has 1 aliphatic rings. The van der Waals surface area contributed by atoms with E-state index >= 15 is 0 Å². The maximum absolute atomic E-state index is 11.6. The molecule has 1 N–H and O–H groups in total. The van der Waals surface area contributed by atoms with E-state index in [-0.39, 0.29) is 11.7 Å². The van der Waals surface area contributed by atoms with Crippen LogP contribution in [-0.4, -0.2) is 58.6 Å². The first-order valence-corrected chi connectivity index (χ1v) is 7.91. The highest BCUT2D eigenvalue weighted by Crippen LogP contribution is 2.21. The molecule has 0 saturated carbocycles. The first kappa shape index (κ1) is 16.5. The lowest BCUT2D eigenvalue weighted by molar-refractivity contribution is -0.0352. The number of nitrogens with zero attached hydrogens (tertiary/aromatic N) is 5. The van der Waals surface area contributed by atoms with E-state index in [1.54, 1.807) is 6.92 Å². The van der Waals surface area contributed by atoms with Gasteiger partial charge in [-0.25, -0.2) is 15.0 Å². The number of morpholine rings is 1. The van der Waals surface area contributed by atoms with Crippen LogP contribution in [0.25, 0.3) is 0 Å². The third-order valence-electron chi connectivity index (χ3n) is 3.86. The van der Waals surface area contributed by atoms with Gasteiger partial charge in [-0.1, -0.05) is 0 Å². The number of hydrogen-bond donors (Lipinski definition) is 1. The quantitative estimate of drug-likeness (QED) is 0.874. The minimum atomic E-state index is -0.193. The van der Waals surface area contributed by atoms with E-state index in [4.69, 9.17) is 4.74 Å². The summed E-state index contributed by atoms with van der Waals surface area (Å²) in [7, 11) is 3.83. The van der Waals surface area contributed by atoms with Crippen LogP contribution in [0, 0.1) is 6.92 Å². The van der Waals surface area contributed by atoms with Crippen LogP contribution in [0.2, 0.25) is 0 Å². The van der Waals surface area contributed by atoms with Gasteiger partial charge in [0, 0.05) is 57.8 Å². The Morgan fingerprint density at radius 2 is 2.12 bits per heavy atom. The molecule has 1 fully saturated rings. The number of nitrogens with one attached hydrogen (secondary N) is 1. The summed E-state index contributed by atoms with van der Waals surface area (Å²) < 4.78 is 5.80. The summed E-state index contributed by atoms with van der Waals surface area (Å²) in [6, 6.07) is 1.51. The van der Waals surface area contributed by atoms with Gasteiger partial charge in [-0.05, 0) is 6.92 Å². The molecule has 128 valence electrons. The number of aryl methyl sites for hydroxylation is 1. The van der Waals surface area contributed by atoms with Crippen molar-refractivity contribution in [3.8, 4) is 0 Å². The van der Waals surface area contributed by atoms with Crippen LogP contribution >= 0.6 is 0 Å². The third kappa shape index (κ3) is 3.95. The van der Waals surface area contributed by atoms with Crippen LogP contribution in [0.15, 0.2) is 23.3 Å². The number of rotatable bonds is 4. The smallest absolute Gasteiger partial charge is 0.251 e. The molecule has 0 aromatic carbocycles. The topological polar surface area (TPSA) is 87.2 Å². The van der Waals surface area contributed by atoms with Gasteiger partial charge in [0.05, 0.1) is 12.3 Å². The van der Waals surface area contributed by atoms with Crippen molar-refractivity contribution in [1.29, 1.82) is 0 Å². The van der Waals surface area contributed by atoms with Gasteiger partial charge in [0.15, 0.2) is 0 Å². The number of ether oxygens (including phenoxy) is 1. The Morgan fingerprint density at radius 3 is 2.79 bits per heavy atom. The Bertz CT molecular complexity index is 743. The third-order valence-corrected chi connectivity index (χ3v) is 3.86. The molecule has 2 aromatic rings. The lowest BCUT2D eigenvalue weighted by atomic mass is 10.2. The van der Waals surface area contributed by atoms with Crippen molar-refractivity contribution in [2.24, 2.45) is 0 Å². The van der Waals surface area contributed by atoms with Gasteiger partial charge in [-0.3, -0.25) is 9.69 Å². The van der Waals surface area contributed by atoms with Crippen LogP contribution in [0.1, 0.15) is 23.2 Å². The van der Waals surface area contributed by atoms with E-state index in [1.165, 1.54) is 6.07 Å². The predicted molar refractivity (Wildman–Crippen MR) is 89.9 cm³/mol. The molecule has 1 saturated heterocycles. The summed E-state index contributed by atoms with van der Waals surface area (Å²) >= 11 is 0. The van der Waals surface area contributed by atoms with Crippen LogP contribution in [0.3, 0.4) is 0 Å². The van der Waals surface area contributed by atoms with Gasteiger partial charge < -0.3 is 14.6 Å². The molecule has 0 radical (unpaired) electrons. The Hall–Kier alpha value is -2.32. The summed E-state index contributed by atoms with van der Waals surface area (Å²) in [4.78, 5) is 31.5. The van der Waals surface area contributed by atoms with Gasteiger partial charge in [-0.2, -0.15) is 0 Å². The molecule has 2 aromatic heterocycles. The maximum atomic E-state index is 11.6. The minimum absolute atomic E-state index is 0.147. The minimum Gasteiger partial charge on any atom is -0.369 e. The van der Waals surface area contributed by atoms with Crippen LogP contribution < -0.4 is 10.5 Å². The van der Waals surface area contributed by atoms with Crippen molar-refractivity contribution in [3.63, 3.8) is 0 Å². The van der Waals surface area contributed by atoms with E-state index in [0.717, 1.165) is 18.7 Å². The Morgan fingerprint density at radius 1 is 1.38 bits per heavy atom. The zero-order chi connectivity index (χ0) is 17.1. The molecule has 24 heavy (non-hydrogen) atoms. The van der Waals surface area contributed by atoms with Crippen LogP contribution in [-0.2, 0) is 11.3 Å². The molecule has 0 unspecified atom stereocenters. The second-order valence-electron chi connectivity index (χ2n) is 6.14. The number of H-pyrrole nitrogens is 1. The summed E-state index contributed by atoms with van der Waals surface area (Å²) in [6.45, 7) is 4.64. The van der Waals surface area contributed by atoms with Gasteiger partial charge in [0.1, 0.15) is 11.9 Å². The van der Waals surface area contributed by atoms with E-state index < -0.39 is 0 Å². The lowest BCUT2D eigenvalue weighted by Crippen LogP contribution is -2.38. The standard InChI is InChI=1S/C16H22N6O2/c1-11-19-13(6-15(23)20-11)14-10-22(4-5-24-14)9-12-7-17-16(18-8-12)21(2)3/h6-8,14H,4-5,9-10H2,1-3H3,(H,19,20,23)/t14-/m1/s1. The van der Waals surface area contributed by atoms with E-state index in [1.807, 2.05) is 31.4 Å². The molecule has 8 heteroatoms. The average molecular weight is 330 g/mol. The molecular formula is C16H22N6O2. The summed E-state index contributed by atoms with van der Waals surface area (Å²) in [5.41, 5.74) is 1.59. The largest absolute Gasteiger partial charge is 0.369 e. The van der Waals surface area contributed by atoms with Crippen molar-refractivity contribution in [3.05, 3.63) is 45.9 Å². The van der Waals surface area contributed by atoms with Crippen molar-refractivity contribution >= 4 is 5.95 Å². The molecular weight excluding hydrogens is 308 g/mol. The Kier molecular flexibility index (Phi) is 4.86. The molecule has 1 aliphatic heterocycles. The first-order valence-electron chi connectivity index (χ1n) is 7.91. The normalized spacial score (nSPS) is 18.5. The van der Waals surface area contributed by atoms with E-state index in [9.17, 15) is 4.79 Å². The molecule has 3 heterocycles. The highest BCUT2D eigenvalue weighted by Gasteiger charge is 2.24. The van der Waals surface area contributed by atoms with Gasteiger partial charge in [0.25, 0.3) is 5.56 Å². The van der Waals surface area contributed by atoms with Gasteiger partial charge >= 0.3 is 0 Å². The fourth-order valence-electron chi connectivity index (χ4n) is 2.71. The molecule has 1 atom stereocenters. The van der Waals surface area contributed by atoms with Crippen LogP contribution in [0.5, 0.6) is 0 Å². The highest BCUT2D eigenvalue weighted by atomic mass is 16.5. The van der Waals surface area contributed by atoms with E-state index in [0.29, 0.717) is 30.6 Å². The van der Waals surface area contributed by atoms with Crippen molar-refractivity contribution in [2.75, 3.05) is 38.7 Å². The van der Waals surface area contributed by atoms with Crippen LogP contribution in [0.4, 0.5) is 5.95 Å². The zero-order valence-electron chi connectivity index (χ0n) is 14.2. The SMILES string of the molecule is Cc1nc([C@H]2CN(Cc3cnc(N(C)C)nc3)CCO2)cc(=O)[nH]1. The maximum Gasteiger partial charge on any atom is 0.251 e.